The first-order chi connectivity index (χ1) is 12.8. The fourth-order valence-corrected chi connectivity index (χ4v) is 3.57. The lowest BCUT2D eigenvalue weighted by Crippen LogP contribution is -2.07. The lowest BCUT2D eigenvalue weighted by atomic mass is 10.3. The van der Waals surface area contributed by atoms with Crippen LogP contribution < -0.4 is 10.1 Å². The minimum atomic E-state index is -3.42. The Morgan fingerprint density at radius 2 is 2.11 bits per heavy atom. The van der Waals surface area contributed by atoms with E-state index in [1.165, 1.54) is 18.3 Å². The molecule has 0 bridgehead atoms. The number of anilines is 1. The van der Waals surface area contributed by atoms with Crippen LogP contribution in [-0.4, -0.2) is 48.6 Å². The van der Waals surface area contributed by atoms with Crippen molar-refractivity contribution in [3.63, 3.8) is 0 Å². The van der Waals surface area contributed by atoms with Gasteiger partial charge in [0.15, 0.2) is 5.82 Å². The normalized spacial score (nSPS) is 11.6. The molecule has 0 fully saturated rings. The average Bonchev–Trinajstić information content (AvgIpc) is 3.18. The number of carbonyl (C=O) groups is 1. The number of fused-ring (bicyclic) bond motifs is 1. The maximum absolute atomic E-state index is 11.1. The molecule has 0 radical (unpaired) electrons. The van der Waals surface area contributed by atoms with E-state index in [2.05, 4.69) is 19.6 Å². The number of benzene rings is 1. The molecule has 3 aromatic rings. The zero-order valence-electron chi connectivity index (χ0n) is 14.7. The van der Waals surface area contributed by atoms with Gasteiger partial charge < -0.3 is 10.1 Å². The van der Waals surface area contributed by atoms with E-state index < -0.39 is 10.1 Å². The van der Waals surface area contributed by atoms with E-state index in [9.17, 15) is 13.2 Å². The number of carbonyl (C=O) groups excluding carboxylic acids is 1. The molecule has 0 saturated heterocycles. The van der Waals surface area contributed by atoms with Crippen molar-refractivity contribution in [2.24, 2.45) is 0 Å². The summed E-state index contributed by atoms with van der Waals surface area (Å²) >= 11 is 1.44. The number of ether oxygens (including phenoxy) is 1. The maximum Gasteiger partial charge on any atom is 0.264 e. The molecule has 0 aliphatic carbocycles. The van der Waals surface area contributed by atoms with Gasteiger partial charge in [-0.2, -0.15) is 8.42 Å². The third-order valence-electron chi connectivity index (χ3n) is 3.29. The molecule has 0 aliphatic rings. The van der Waals surface area contributed by atoms with E-state index in [0.717, 1.165) is 16.5 Å². The summed E-state index contributed by atoms with van der Waals surface area (Å²) < 4.78 is 34.6. The Hall–Kier alpha value is -2.50. The van der Waals surface area contributed by atoms with Crippen molar-refractivity contribution in [1.29, 1.82) is 0 Å². The molecule has 2 heterocycles. The van der Waals surface area contributed by atoms with Gasteiger partial charge in [-0.3, -0.25) is 8.98 Å². The van der Waals surface area contributed by atoms with Crippen molar-refractivity contribution in [3.8, 4) is 10.9 Å². The second-order valence-corrected chi connectivity index (χ2v) is 8.33. The number of hydrogen-bond donors (Lipinski definition) is 1. The van der Waals surface area contributed by atoms with Gasteiger partial charge in [-0.05, 0) is 18.2 Å². The van der Waals surface area contributed by atoms with E-state index >= 15 is 0 Å². The number of hydrogen-bond acceptors (Lipinski definition) is 8. The lowest BCUT2D eigenvalue weighted by molar-refractivity contribution is -0.114. The van der Waals surface area contributed by atoms with Gasteiger partial charge in [0.05, 0.1) is 29.7 Å². The van der Waals surface area contributed by atoms with Crippen LogP contribution in [0.15, 0.2) is 30.5 Å². The molecule has 0 atom stereocenters. The number of nitrogens with zero attached hydrogens (tertiary/aromatic N) is 3. The molecule has 9 nitrogen and oxygen atoms in total. The van der Waals surface area contributed by atoms with Crippen LogP contribution in [0.4, 0.5) is 5.82 Å². The zero-order chi connectivity index (χ0) is 19.4. The van der Waals surface area contributed by atoms with Crippen molar-refractivity contribution in [2.45, 2.75) is 13.3 Å². The van der Waals surface area contributed by atoms with Gasteiger partial charge in [-0.15, -0.1) is 5.10 Å². The molecule has 2 aromatic heterocycles. The van der Waals surface area contributed by atoms with Crippen LogP contribution in [-0.2, 0) is 19.1 Å². The molecule has 0 spiro atoms. The molecule has 11 heteroatoms. The second-order valence-electron chi connectivity index (χ2n) is 5.68. The topological polar surface area (TPSA) is 112 Å². The summed E-state index contributed by atoms with van der Waals surface area (Å²) in [5.41, 5.74) is 0.805. The molecule has 0 saturated carbocycles. The number of nitrogens with one attached hydrogen (secondary N) is 1. The predicted octanol–water partition coefficient (Wildman–Crippen LogP) is 2.19. The highest BCUT2D eigenvalue weighted by Crippen LogP contribution is 2.28. The quantitative estimate of drug-likeness (QED) is 0.447. The summed E-state index contributed by atoms with van der Waals surface area (Å²) in [6.45, 7) is 1.85. The Balaban J connectivity index is 1.64. The van der Waals surface area contributed by atoms with Crippen LogP contribution in [0.2, 0.25) is 0 Å². The minimum Gasteiger partial charge on any atom is -0.493 e. The molecule has 1 N–H and O–H groups in total. The van der Waals surface area contributed by atoms with Gasteiger partial charge in [-0.25, -0.2) is 9.67 Å². The first-order valence-corrected chi connectivity index (χ1v) is 10.6. The summed E-state index contributed by atoms with van der Waals surface area (Å²) in [5.74, 6) is 0.937. The van der Waals surface area contributed by atoms with E-state index in [1.54, 1.807) is 23.0 Å². The van der Waals surface area contributed by atoms with Crippen LogP contribution in [0, 0.1) is 0 Å². The smallest absolute Gasteiger partial charge is 0.264 e. The van der Waals surface area contributed by atoms with Crippen molar-refractivity contribution >= 4 is 43.4 Å². The van der Waals surface area contributed by atoms with Gasteiger partial charge in [-0.1, -0.05) is 11.3 Å². The van der Waals surface area contributed by atoms with Crippen LogP contribution in [0.1, 0.15) is 13.3 Å². The third kappa shape index (κ3) is 5.49. The minimum absolute atomic E-state index is 0.0850. The van der Waals surface area contributed by atoms with Gasteiger partial charge in [0.1, 0.15) is 5.75 Å². The summed E-state index contributed by atoms with van der Waals surface area (Å²) in [7, 11) is -3.42. The van der Waals surface area contributed by atoms with Crippen molar-refractivity contribution < 1.29 is 22.1 Å². The van der Waals surface area contributed by atoms with Gasteiger partial charge in [0.2, 0.25) is 11.0 Å². The van der Waals surface area contributed by atoms with E-state index in [1.807, 2.05) is 12.1 Å². The lowest BCUT2D eigenvalue weighted by Gasteiger charge is -2.05. The fraction of sp³-hybridized carbons (Fsp3) is 0.312. The Bertz CT molecular complexity index is 1060. The number of thiazole rings is 1. The summed E-state index contributed by atoms with van der Waals surface area (Å²) in [6.07, 6.45) is 3.20. The van der Waals surface area contributed by atoms with Gasteiger partial charge >= 0.3 is 0 Å². The molecule has 3 rings (SSSR count). The Labute approximate surface area is 160 Å². The summed E-state index contributed by atoms with van der Waals surface area (Å²) in [4.78, 5) is 15.6. The van der Waals surface area contributed by atoms with Gasteiger partial charge in [0.25, 0.3) is 10.1 Å². The highest BCUT2D eigenvalue weighted by atomic mass is 32.2. The van der Waals surface area contributed by atoms with Crippen LogP contribution in [0.3, 0.4) is 0 Å². The van der Waals surface area contributed by atoms with Crippen molar-refractivity contribution in [3.05, 3.63) is 30.5 Å². The highest BCUT2D eigenvalue weighted by molar-refractivity contribution is 7.85. The molecular formula is C16H18N4O5S2. The summed E-state index contributed by atoms with van der Waals surface area (Å²) in [6, 6.07) is 7.21. The molecule has 1 amide bonds. The number of amides is 1. The molecule has 0 aliphatic heterocycles. The molecular weight excluding hydrogens is 392 g/mol. The zero-order valence-corrected chi connectivity index (χ0v) is 16.3. The third-order valence-corrected chi connectivity index (χ3v) is 4.90. The van der Waals surface area contributed by atoms with Crippen LogP contribution in [0.25, 0.3) is 15.3 Å². The Kier molecular flexibility index (Phi) is 5.73. The van der Waals surface area contributed by atoms with Crippen LogP contribution in [0.5, 0.6) is 5.75 Å². The largest absolute Gasteiger partial charge is 0.493 e. The standard InChI is InChI=1S/C16H18N4O5S2/c1-11(21)17-15-6-7-20(19-15)16-18-13-5-4-12(10-14(13)26-16)24-8-3-9-25-27(2,22)23/h4-7,10H,3,8-9H2,1-2H3,(H,17,19,21). The maximum atomic E-state index is 11.1. The summed E-state index contributed by atoms with van der Waals surface area (Å²) in [5, 5.41) is 7.55. The average molecular weight is 410 g/mol. The van der Waals surface area contributed by atoms with E-state index in [0.29, 0.717) is 29.7 Å². The number of rotatable bonds is 8. The first-order valence-electron chi connectivity index (χ1n) is 8.01. The first kappa shape index (κ1) is 19.3. The SMILES string of the molecule is CC(=O)Nc1ccn(-c2nc3ccc(OCCCOS(C)(=O)=O)cc3s2)n1. The highest BCUT2D eigenvalue weighted by Gasteiger charge is 2.09. The molecule has 27 heavy (non-hydrogen) atoms. The second kappa shape index (κ2) is 8.03. The Morgan fingerprint density at radius 1 is 1.30 bits per heavy atom. The van der Waals surface area contributed by atoms with E-state index in [4.69, 9.17) is 4.74 Å². The monoisotopic (exact) mass is 410 g/mol. The Morgan fingerprint density at radius 3 is 2.85 bits per heavy atom. The van der Waals surface area contributed by atoms with Crippen molar-refractivity contribution in [2.75, 3.05) is 24.8 Å². The number of aromatic nitrogens is 3. The molecule has 1 aromatic carbocycles. The van der Waals surface area contributed by atoms with Crippen molar-refractivity contribution in [1.82, 2.24) is 14.8 Å². The van der Waals surface area contributed by atoms with E-state index in [-0.39, 0.29) is 12.5 Å². The fourth-order valence-electron chi connectivity index (χ4n) is 2.22. The predicted molar refractivity (Wildman–Crippen MR) is 102 cm³/mol. The molecule has 144 valence electrons. The van der Waals surface area contributed by atoms with Gasteiger partial charge in [0, 0.05) is 25.6 Å². The van der Waals surface area contributed by atoms with Crippen LogP contribution >= 0.6 is 11.3 Å². The molecule has 0 unspecified atom stereocenters.